The molecule has 0 fully saturated rings. The van der Waals surface area contributed by atoms with Gasteiger partial charge in [0.05, 0.1) is 17.2 Å². The maximum Gasteiger partial charge on any atom is 0.264 e. The monoisotopic (exact) mass is 512 g/mol. The lowest BCUT2D eigenvalue weighted by Gasteiger charge is -2.32. The number of anilines is 2. The maximum atomic E-state index is 13.7. The second-order valence-corrected chi connectivity index (χ2v) is 10.5. The van der Waals surface area contributed by atoms with E-state index in [-0.39, 0.29) is 11.5 Å². The Morgan fingerprint density at radius 2 is 1.76 bits per heavy atom. The van der Waals surface area contributed by atoms with E-state index in [2.05, 4.69) is 15.5 Å². The normalized spacial score (nSPS) is 12.5. The molecular formula is C21H26Cl2N6O3S. The van der Waals surface area contributed by atoms with Crippen molar-refractivity contribution in [2.24, 2.45) is 0 Å². The van der Waals surface area contributed by atoms with Crippen LogP contribution in [0.4, 0.5) is 11.6 Å². The van der Waals surface area contributed by atoms with Crippen LogP contribution in [0.15, 0.2) is 47.4 Å². The van der Waals surface area contributed by atoms with E-state index >= 15 is 0 Å². The summed E-state index contributed by atoms with van der Waals surface area (Å²) in [6, 6.07) is 10.3. The number of aryl methyl sites for hydroxylation is 1. The highest BCUT2D eigenvalue weighted by Gasteiger charge is 2.31. The summed E-state index contributed by atoms with van der Waals surface area (Å²) < 4.78 is 30.4. The summed E-state index contributed by atoms with van der Waals surface area (Å²) in [5.41, 5.74) is 0.794. The van der Waals surface area contributed by atoms with E-state index in [0.29, 0.717) is 46.6 Å². The standard InChI is InChI=1S/C21H26Cl2N6O3S/c1-15(5-4-12-28-21(27(2)3)24-25-26-28)29(20-13-18(23)7-6-16(20)14-30)33(31,32)19-10-8-17(22)9-11-19/h6-11,13,15,30H,4-5,12,14H2,1-3H3/t15-/m1/s1. The predicted octanol–water partition coefficient (Wildman–Crippen LogP) is 3.60. The van der Waals surface area contributed by atoms with Crippen LogP contribution in [0, 0.1) is 0 Å². The largest absolute Gasteiger partial charge is 0.392 e. The second kappa shape index (κ2) is 10.7. The van der Waals surface area contributed by atoms with Crippen LogP contribution in [0.3, 0.4) is 0 Å². The molecule has 0 aliphatic rings. The Hall–Kier alpha value is -2.40. The number of aliphatic hydroxyl groups excluding tert-OH is 1. The first-order chi connectivity index (χ1) is 15.6. The number of halogens is 2. The average molecular weight is 513 g/mol. The number of benzene rings is 2. The lowest BCUT2D eigenvalue weighted by atomic mass is 10.1. The van der Waals surface area contributed by atoms with Crippen LogP contribution in [0.2, 0.25) is 10.0 Å². The summed E-state index contributed by atoms with van der Waals surface area (Å²) in [6.07, 6.45) is 1.13. The SMILES string of the molecule is C[C@H](CCCn1nnnc1N(C)C)N(c1cc(Cl)ccc1CO)S(=O)(=O)c1ccc(Cl)cc1. The van der Waals surface area contributed by atoms with Crippen LogP contribution >= 0.6 is 23.2 Å². The van der Waals surface area contributed by atoms with Crippen molar-refractivity contribution in [2.45, 2.75) is 43.9 Å². The van der Waals surface area contributed by atoms with Gasteiger partial charge in [0.15, 0.2) is 0 Å². The molecule has 1 atom stereocenters. The number of hydrogen-bond acceptors (Lipinski definition) is 7. The van der Waals surface area contributed by atoms with E-state index in [9.17, 15) is 13.5 Å². The lowest BCUT2D eigenvalue weighted by Crippen LogP contribution is -2.39. The van der Waals surface area contributed by atoms with Crippen LogP contribution < -0.4 is 9.21 Å². The maximum absolute atomic E-state index is 13.7. The summed E-state index contributed by atoms with van der Waals surface area (Å²) >= 11 is 12.2. The Kier molecular flexibility index (Phi) is 8.17. The van der Waals surface area contributed by atoms with E-state index in [0.717, 1.165) is 0 Å². The zero-order valence-corrected chi connectivity index (χ0v) is 20.9. The number of hydrogen-bond donors (Lipinski definition) is 1. The van der Waals surface area contributed by atoms with Gasteiger partial charge in [0, 0.05) is 42.3 Å². The first kappa shape index (κ1) is 25.2. The molecule has 0 aliphatic carbocycles. The molecule has 33 heavy (non-hydrogen) atoms. The van der Waals surface area contributed by atoms with E-state index in [1.54, 1.807) is 27.8 Å². The molecule has 2 aromatic carbocycles. The molecular weight excluding hydrogens is 487 g/mol. The number of rotatable bonds is 10. The fourth-order valence-electron chi connectivity index (χ4n) is 3.52. The minimum Gasteiger partial charge on any atom is -0.392 e. The molecule has 3 aromatic rings. The summed E-state index contributed by atoms with van der Waals surface area (Å²) in [6.45, 7) is 2.01. The van der Waals surface area contributed by atoms with Crippen molar-refractivity contribution in [3.63, 3.8) is 0 Å². The summed E-state index contributed by atoms with van der Waals surface area (Å²) in [5.74, 6) is 0.616. The topological polar surface area (TPSA) is 104 Å². The van der Waals surface area contributed by atoms with Crippen LogP contribution in [-0.2, 0) is 23.2 Å². The molecule has 0 bridgehead atoms. The van der Waals surface area contributed by atoms with Gasteiger partial charge in [0.2, 0.25) is 5.95 Å². The Balaban J connectivity index is 1.94. The van der Waals surface area contributed by atoms with Crippen molar-refractivity contribution >= 4 is 44.9 Å². The highest BCUT2D eigenvalue weighted by atomic mass is 35.5. The fourth-order valence-corrected chi connectivity index (χ4v) is 5.53. The molecule has 1 heterocycles. The number of aromatic nitrogens is 4. The molecule has 0 aliphatic heterocycles. The highest BCUT2D eigenvalue weighted by Crippen LogP contribution is 2.33. The van der Waals surface area contributed by atoms with Crippen LogP contribution in [0.25, 0.3) is 0 Å². The first-order valence-electron chi connectivity index (χ1n) is 10.3. The minimum absolute atomic E-state index is 0.0954. The van der Waals surface area contributed by atoms with Gasteiger partial charge in [-0.3, -0.25) is 4.31 Å². The van der Waals surface area contributed by atoms with E-state index in [1.807, 2.05) is 21.0 Å². The third-order valence-electron chi connectivity index (χ3n) is 5.13. The average Bonchev–Trinajstić information content (AvgIpc) is 3.23. The third kappa shape index (κ3) is 5.75. The highest BCUT2D eigenvalue weighted by molar-refractivity contribution is 7.92. The third-order valence-corrected chi connectivity index (χ3v) is 7.56. The molecule has 0 amide bonds. The quantitative estimate of drug-likeness (QED) is 0.442. The number of tetrazole rings is 1. The van der Waals surface area contributed by atoms with E-state index < -0.39 is 16.1 Å². The van der Waals surface area contributed by atoms with Crippen molar-refractivity contribution < 1.29 is 13.5 Å². The number of aliphatic hydroxyl groups is 1. The first-order valence-corrected chi connectivity index (χ1v) is 12.5. The van der Waals surface area contributed by atoms with Crippen LogP contribution in [0.5, 0.6) is 0 Å². The van der Waals surface area contributed by atoms with Gasteiger partial charge in [0.1, 0.15) is 0 Å². The number of nitrogens with zero attached hydrogens (tertiary/aromatic N) is 6. The summed E-state index contributed by atoms with van der Waals surface area (Å²) in [4.78, 5) is 1.90. The van der Waals surface area contributed by atoms with Gasteiger partial charge in [-0.1, -0.05) is 34.4 Å². The summed E-state index contributed by atoms with van der Waals surface area (Å²) in [5, 5.41) is 22.4. The van der Waals surface area contributed by atoms with E-state index in [4.69, 9.17) is 23.2 Å². The van der Waals surface area contributed by atoms with Crippen LogP contribution in [-0.4, -0.2) is 53.9 Å². The predicted molar refractivity (Wildman–Crippen MR) is 129 cm³/mol. The van der Waals surface area contributed by atoms with Crippen molar-refractivity contribution in [3.8, 4) is 0 Å². The van der Waals surface area contributed by atoms with Gasteiger partial charge >= 0.3 is 0 Å². The van der Waals surface area contributed by atoms with Crippen molar-refractivity contribution in [3.05, 3.63) is 58.1 Å². The molecule has 1 aromatic heterocycles. The Bertz CT molecular complexity index is 1180. The van der Waals surface area contributed by atoms with E-state index in [1.165, 1.54) is 28.6 Å². The zero-order chi connectivity index (χ0) is 24.2. The lowest BCUT2D eigenvalue weighted by molar-refractivity contribution is 0.282. The zero-order valence-electron chi connectivity index (χ0n) is 18.6. The van der Waals surface area contributed by atoms with Gasteiger partial charge in [-0.15, -0.1) is 0 Å². The molecule has 0 saturated heterocycles. The molecule has 12 heteroatoms. The molecule has 9 nitrogen and oxygen atoms in total. The van der Waals surface area contributed by atoms with Gasteiger partial charge in [0.25, 0.3) is 10.0 Å². The second-order valence-electron chi connectivity index (χ2n) is 7.77. The molecule has 0 radical (unpaired) electrons. The Morgan fingerprint density at radius 1 is 1.09 bits per heavy atom. The smallest absolute Gasteiger partial charge is 0.264 e. The molecule has 178 valence electrons. The molecule has 1 N–H and O–H groups in total. The van der Waals surface area contributed by atoms with Crippen molar-refractivity contribution in [1.29, 1.82) is 0 Å². The van der Waals surface area contributed by atoms with Crippen molar-refractivity contribution in [1.82, 2.24) is 20.2 Å². The van der Waals surface area contributed by atoms with Gasteiger partial charge in [-0.2, -0.15) is 0 Å². The van der Waals surface area contributed by atoms with Gasteiger partial charge < -0.3 is 10.0 Å². The van der Waals surface area contributed by atoms with Crippen molar-refractivity contribution in [2.75, 3.05) is 23.3 Å². The molecule has 3 rings (SSSR count). The summed E-state index contributed by atoms with van der Waals surface area (Å²) in [7, 11) is -0.280. The molecule has 0 saturated carbocycles. The molecule has 0 unspecified atom stereocenters. The number of sulfonamides is 1. The Morgan fingerprint density at radius 3 is 2.39 bits per heavy atom. The Labute approximate surface area is 203 Å². The molecule has 0 spiro atoms. The van der Waals surface area contributed by atoms with Gasteiger partial charge in [-0.25, -0.2) is 13.1 Å². The minimum atomic E-state index is -3.98. The van der Waals surface area contributed by atoms with Crippen LogP contribution in [0.1, 0.15) is 25.3 Å². The van der Waals surface area contributed by atoms with Gasteiger partial charge in [-0.05, 0) is 66.6 Å². The fraction of sp³-hybridized carbons (Fsp3) is 0.381.